The van der Waals surface area contributed by atoms with Crippen LogP contribution >= 0.6 is 0 Å². The number of nitrogens with one attached hydrogen (secondary N) is 2. The minimum atomic E-state index is -4.46. The van der Waals surface area contributed by atoms with Gasteiger partial charge < -0.3 is 15.4 Å². The highest BCUT2D eigenvalue weighted by Gasteiger charge is 2.30. The molecule has 2 amide bonds. The molecule has 0 spiro atoms. The largest absolute Gasteiger partial charge is 0.488 e. The van der Waals surface area contributed by atoms with Crippen molar-refractivity contribution in [2.24, 2.45) is 0 Å². The van der Waals surface area contributed by atoms with Crippen LogP contribution in [0, 0.1) is 13.8 Å². The van der Waals surface area contributed by atoms with E-state index in [2.05, 4.69) is 15.6 Å². The molecule has 3 rings (SSSR count). The summed E-state index contributed by atoms with van der Waals surface area (Å²) in [6.45, 7) is 4.34. The Kier molecular flexibility index (Phi) is 7.88. The van der Waals surface area contributed by atoms with Crippen LogP contribution in [0.5, 0.6) is 5.75 Å². The molecule has 0 atom stereocenters. The van der Waals surface area contributed by atoms with Gasteiger partial charge in [-0.2, -0.15) is 13.2 Å². The van der Waals surface area contributed by atoms with Crippen molar-refractivity contribution in [3.8, 4) is 5.75 Å². The van der Waals surface area contributed by atoms with E-state index < -0.39 is 17.6 Å². The summed E-state index contributed by atoms with van der Waals surface area (Å²) in [4.78, 5) is 28.6. The van der Waals surface area contributed by atoms with Gasteiger partial charge in [-0.15, -0.1) is 0 Å². The molecule has 1 aromatic heterocycles. The minimum Gasteiger partial charge on any atom is -0.488 e. The van der Waals surface area contributed by atoms with Gasteiger partial charge in [0.25, 0.3) is 11.8 Å². The van der Waals surface area contributed by atoms with Gasteiger partial charge in [-0.1, -0.05) is 6.07 Å². The van der Waals surface area contributed by atoms with E-state index in [9.17, 15) is 22.8 Å². The van der Waals surface area contributed by atoms with E-state index in [1.54, 1.807) is 24.5 Å². The van der Waals surface area contributed by atoms with Gasteiger partial charge >= 0.3 is 6.18 Å². The van der Waals surface area contributed by atoms with Crippen molar-refractivity contribution in [2.75, 3.05) is 13.1 Å². The van der Waals surface area contributed by atoms with E-state index in [1.165, 1.54) is 0 Å². The molecule has 0 fully saturated rings. The number of rotatable bonds is 8. The number of amides is 2. The number of nitrogens with zero attached hydrogens (tertiary/aromatic N) is 1. The molecule has 0 bridgehead atoms. The van der Waals surface area contributed by atoms with Gasteiger partial charge in [0, 0.05) is 42.2 Å². The molecule has 0 aliphatic heterocycles. The summed E-state index contributed by atoms with van der Waals surface area (Å²) >= 11 is 0. The first-order valence-corrected chi connectivity index (χ1v) is 10.5. The fourth-order valence-corrected chi connectivity index (χ4v) is 3.31. The van der Waals surface area contributed by atoms with E-state index >= 15 is 0 Å². The fourth-order valence-electron chi connectivity index (χ4n) is 3.31. The maximum Gasteiger partial charge on any atom is 0.416 e. The molecule has 0 saturated heterocycles. The number of benzene rings is 2. The molecule has 0 radical (unpaired) electrons. The molecular weight excluding hydrogens is 447 g/mol. The molecule has 9 heteroatoms. The summed E-state index contributed by atoms with van der Waals surface area (Å²) in [6.07, 6.45) is -1.05. The van der Waals surface area contributed by atoms with Crippen molar-refractivity contribution in [3.05, 3.63) is 94.3 Å². The highest BCUT2D eigenvalue weighted by atomic mass is 19.4. The molecule has 6 nitrogen and oxygen atoms in total. The smallest absolute Gasteiger partial charge is 0.416 e. The Hall–Kier alpha value is -3.88. The summed E-state index contributed by atoms with van der Waals surface area (Å²) in [5.41, 5.74) is 2.29. The van der Waals surface area contributed by atoms with E-state index in [0.29, 0.717) is 17.9 Å². The van der Waals surface area contributed by atoms with Crippen LogP contribution in [0.25, 0.3) is 0 Å². The average Bonchev–Trinajstić information content (AvgIpc) is 2.81. The molecule has 178 valence electrons. The minimum absolute atomic E-state index is 0.104. The van der Waals surface area contributed by atoms with Gasteiger partial charge in [0.1, 0.15) is 12.4 Å². The number of halogens is 3. The molecule has 1 heterocycles. The summed E-state index contributed by atoms with van der Waals surface area (Å²) in [6, 6.07) is 11.1. The molecule has 34 heavy (non-hydrogen) atoms. The number of aromatic nitrogens is 1. The lowest BCUT2D eigenvalue weighted by Gasteiger charge is -2.14. The predicted molar refractivity (Wildman–Crippen MR) is 121 cm³/mol. The lowest BCUT2D eigenvalue weighted by atomic mass is 10.0. The van der Waals surface area contributed by atoms with Crippen LogP contribution < -0.4 is 15.4 Å². The lowest BCUT2D eigenvalue weighted by molar-refractivity contribution is -0.137. The molecule has 2 N–H and O–H groups in total. The number of ether oxygens (including phenoxy) is 1. The molecule has 2 aromatic carbocycles. The van der Waals surface area contributed by atoms with Crippen LogP contribution in [-0.4, -0.2) is 29.9 Å². The first-order valence-electron chi connectivity index (χ1n) is 10.5. The van der Waals surface area contributed by atoms with Crippen molar-refractivity contribution in [1.29, 1.82) is 0 Å². The van der Waals surface area contributed by atoms with Gasteiger partial charge in [0.2, 0.25) is 0 Å². The second-order valence-corrected chi connectivity index (χ2v) is 7.68. The van der Waals surface area contributed by atoms with Crippen molar-refractivity contribution in [3.63, 3.8) is 0 Å². The summed E-state index contributed by atoms with van der Waals surface area (Å²) < 4.78 is 43.7. The molecular formula is C25H24F3N3O3. The predicted octanol–water partition coefficient (Wildman–Crippen LogP) is 4.46. The Bertz CT molecular complexity index is 1120. The zero-order chi connectivity index (χ0) is 24.7. The second kappa shape index (κ2) is 10.8. The SMILES string of the molecule is Cc1cc(C(=O)NCCNC(=O)c2ccc(C(F)(F)F)cc2)cc(C)c1OCc1cccnc1. The van der Waals surface area contributed by atoms with E-state index in [4.69, 9.17) is 4.74 Å². The molecule has 3 aromatic rings. The first kappa shape index (κ1) is 24.8. The Labute approximate surface area is 195 Å². The molecule has 0 aliphatic carbocycles. The Morgan fingerprint density at radius 2 is 1.50 bits per heavy atom. The van der Waals surface area contributed by atoms with E-state index in [0.717, 1.165) is 41.0 Å². The van der Waals surface area contributed by atoms with Crippen molar-refractivity contribution in [2.45, 2.75) is 26.6 Å². The zero-order valence-corrected chi connectivity index (χ0v) is 18.7. The summed E-state index contributed by atoms with van der Waals surface area (Å²) in [5, 5.41) is 5.28. The van der Waals surface area contributed by atoms with Crippen LogP contribution in [0.2, 0.25) is 0 Å². The monoisotopic (exact) mass is 471 g/mol. The highest BCUT2D eigenvalue weighted by molar-refractivity contribution is 5.95. The third-order valence-electron chi connectivity index (χ3n) is 5.00. The topological polar surface area (TPSA) is 80.3 Å². The van der Waals surface area contributed by atoms with Crippen molar-refractivity contribution < 1.29 is 27.5 Å². The first-order chi connectivity index (χ1) is 16.1. The number of carbonyl (C=O) groups excluding carboxylic acids is 2. The van der Waals surface area contributed by atoms with Gasteiger partial charge in [-0.3, -0.25) is 14.6 Å². The number of pyridine rings is 1. The lowest BCUT2D eigenvalue weighted by Crippen LogP contribution is -2.34. The van der Waals surface area contributed by atoms with Gasteiger partial charge in [0.05, 0.1) is 5.56 Å². The second-order valence-electron chi connectivity index (χ2n) is 7.68. The Morgan fingerprint density at radius 1 is 0.912 bits per heavy atom. The van der Waals surface area contributed by atoms with Crippen molar-refractivity contribution >= 4 is 11.8 Å². The van der Waals surface area contributed by atoms with E-state index in [-0.39, 0.29) is 24.6 Å². The van der Waals surface area contributed by atoms with Crippen LogP contribution in [0.1, 0.15) is 43.0 Å². The van der Waals surface area contributed by atoms with Crippen LogP contribution in [0.4, 0.5) is 13.2 Å². The maximum atomic E-state index is 12.6. The molecule has 0 aliphatic rings. The van der Waals surface area contributed by atoms with Crippen LogP contribution in [0.3, 0.4) is 0 Å². The Balaban J connectivity index is 1.49. The van der Waals surface area contributed by atoms with Gasteiger partial charge in [-0.05, 0) is 67.4 Å². The average molecular weight is 471 g/mol. The van der Waals surface area contributed by atoms with Gasteiger partial charge in [0.15, 0.2) is 0 Å². The van der Waals surface area contributed by atoms with Crippen LogP contribution in [-0.2, 0) is 12.8 Å². The Morgan fingerprint density at radius 3 is 2.03 bits per heavy atom. The fraction of sp³-hybridized carbons (Fsp3) is 0.240. The summed E-state index contributed by atoms with van der Waals surface area (Å²) in [7, 11) is 0. The third-order valence-corrected chi connectivity index (χ3v) is 5.00. The number of hydrogen-bond donors (Lipinski definition) is 2. The standard InChI is InChI=1S/C25H24F3N3O3/c1-16-12-20(13-17(2)22(16)34-15-18-4-3-9-29-14-18)24(33)31-11-10-30-23(32)19-5-7-21(8-6-19)25(26,27)28/h3-9,12-14H,10-11,15H2,1-2H3,(H,30,32)(H,31,33). The number of hydrogen-bond acceptors (Lipinski definition) is 4. The quantitative estimate of drug-likeness (QED) is 0.476. The van der Waals surface area contributed by atoms with Crippen molar-refractivity contribution in [1.82, 2.24) is 15.6 Å². The third kappa shape index (κ3) is 6.57. The number of alkyl halides is 3. The highest BCUT2D eigenvalue weighted by Crippen LogP contribution is 2.29. The normalized spacial score (nSPS) is 11.1. The molecule has 0 unspecified atom stereocenters. The van der Waals surface area contributed by atoms with Gasteiger partial charge in [-0.25, -0.2) is 0 Å². The molecule has 0 saturated carbocycles. The zero-order valence-electron chi connectivity index (χ0n) is 18.7. The summed E-state index contributed by atoms with van der Waals surface area (Å²) in [5.74, 6) is -0.136. The van der Waals surface area contributed by atoms with E-state index in [1.807, 2.05) is 26.0 Å². The number of carbonyl (C=O) groups is 2. The number of aryl methyl sites for hydroxylation is 2. The van der Waals surface area contributed by atoms with Crippen LogP contribution in [0.15, 0.2) is 60.9 Å². The maximum absolute atomic E-state index is 12.6.